The molecule has 0 unspecified atom stereocenters. The minimum Gasteiger partial charge on any atom is -0.205 e. The second kappa shape index (κ2) is 12.2. The van der Waals surface area contributed by atoms with Gasteiger partial charge in [-0.3, -0.25) is 0 Å². The summed E-state index contributed by atoms with van der Waals surface area (Å²) in [6.07, 6.45) is 2.94. The Morgan fingerprint density at radius 1 is 0.826 bits per heavy atom. The topological polar surface area (TPSA) is 82.7 Å². The molecule has 0 fully saturated rings. The van der Waals surface area contributed by atoms with E-state index in [4.69, 9.17) is 5.26 Å². The van der Waals surface area contributed by atoms with Gasteiger partial charge in [0.1, 0.15) is 0 Å². The maximum Gasteiger partial charge on any atom is 0.250 e. The lowest BCUT2D eigenvalue weighted by Gasteiger charge is -2.12. The van der Waals surface area contributed by atoms with Crippen molar-refractivity contribution in [2.75, 3.05) is 6.26 Å². The van der Waals surface area contributed by atoms with Crippen LogP contribution in [-0.4, -0.2) is 26.1 Å². The summed E-state index contributed by atoms with van der Waals surface area (Å²) in [4.78, 5) is 3.75. The maximum absolute atomic E-state index is 10.9. The number of hydrogen-bond acceptors (Lipinski definition) is 4. The first-order valence-corrected chi connectivity index (χ1v) is 9.44. The lowest BCUT2D eigenvalue weighted by atomic mass is 9.98. The van der Waals surface area contributed by atoms with Crippen LogP contribution in [0.1, 0.15) is 62.8 Å². The molecule has 0 heterocycles. The molecule has 0 saturated heterocycles. The van der Waals surface area contributed by atoms with E-state index in [2.05, 4.69) is 37.1 Å². The Kier molecular flexibility index (Phi) is 14.2. The Morgan fingerprint density at radius 3 is 1.22 bits per heavy atom. The minimum atomic E-state index is -3.23. The van der Waals surface area contributed by atoms with Gasteiger partial charge in [-0.1, -0.05) is 62.8 Å². The summed E-state index contributed by atoms with van der Waals surface area (Å²) in [5.41, 5.74) is 1.74. The van der Waals surface area contributed by atoms with Crippen LogP contribution in [0.4, 0.5) is 0 Å². The molecule has 6 heteroatoms. The van der Waals surface area contributed by atoms with Crippen LogP contribution < -0.4 is 0 Å². The molecule has 0 aromatic rings. The number of sulfonamides is 1. The van der Waals surface area contributed by atoms with E-state index in [1.54, 1.807) is 0 Å². The van der Waals surface area contributed by atoms with Gasteiger partial charge in [0.2, 0.25) is 16.2 Å². The highest BCUT2D eigenvalue weighted by Crippen LogP contribution is 2.09. The largest absolute Gasteiger partial charge is 0.250 e. The molecule has 0 radical (unpaired) electrons. The summed E-state index contributed by atoms with van der Waals surface area (Å²) < 4.78 is 25.4. The van der Waals surface area contributed by atoms with Crippen molar-refractivity contribution in [1.29, 1.82) is 5.26 Å². The average Bonchev–Trinajstić information content (AvgIpc) is 2.31. The molecule has 5 nitrogen and oxygen atoms in total. The summed E-state index contributed by atoms with van der Waals surface area (Å²) in [7, 11) is -3.23. The van der Waals surface area contributed by atoms with E-state index in [0.29, 0.717) is 11.8 Å². The molecule has 0 amide bonds. The molecule has 0 aliphatic rings. The molecule has 0 bridgehead atoms. The van der Waals surface area contributed by atoms with E-state index >= 15 is 0 Å². The second-order valence-corrected chi connectivity index (χ2v) is 8.15. The molecule has 0 spiro atoms. The van der Waals surface area contributed by atoms with Crippen LogP contribution in [0.3, 0.4) is 0 Å². The van der Waals surface area contributed by atoms with Crippen molar-refractivity contribution in [3.63, 3.8) is 0 Å². The van der Waals surface area contributed by atoms with Gasteiger partial charge in [-0.05, 0) is 23.7 Å². The summed E-state index contributed by atoms with van der Waals surface area (Å²) in [5, 5.41) is 8.30. The van der Waals surface area contributed by atoms with E-state index in [0.717, 1.165) is 17.7 Å². The smallest absolute Gasteiger partial charge is 0.205 e. The third-order valence-corrected chi connectivity index (χ3v) is 3.36. The number of nitriles is 1. The zero-order valence-corrected chi connectivity index (χ0v) is 16.2. The maximum atomic E-state index is 10.9. The Morgan fingerprint density at radius 2 is 1.13 bits per heavy atom. The molecule has 0 saturated carbocycles. The fraction of sp³-hybridized carbons (Fsp3) is 0.824. The monoisotopic (exact) mass is 345 g/mol. The van der Waals surface area contributed by atoms with Crippen LogP contribution in [0.15, 0.2) is 9.39 Å². The molecular weight excluding hydrogens is 310 g/mol. The van der Waals surface area contributed by atoms with E-state index in [1.807, 2.05) is 33.9 Å². The highest BCUT2D eigenvalue weighted by molar-refractivity contribution is 7.89. The summed E-state index contributed by atoms with van der Waals surface area (Å²) in [5.74, 6) is 1.17. The van der Waals surface area contributed by atoms with Crippen molar-refractivity contribution >= 4 is 21.4 Å². The zero-order chi connectivity index (χ0) is 18.1. The van der Waals surface area contributed by atoms with Crippen molar-refractivity contribution in [3.05, 3.63) is 0 Å². The summed E-state index contributed by atoms with van der Waals surface area (Å²) in [6.45, 7) is 16.0. The number of hydrogen-bond donors (Lipinski definition) is 0. The van der Waals surface area contributed by atoms with Gasteiger partial charge in [0.15, 0.2) is 0 Å². The Hall–Kier alpha value is -1.22. The molecular formula is C17H35N3O2S. The number of nitrogens with zero attached hydrogens (tertiary/aromatic N) is 3. The van der Waals surface area contributed by atoms with Crippen molar-refractivity contribution in [1.82, 2.24) is 0 Å². The summed E-state index contributed by atoms with van der Waals surface area (Å²) >= 11 is 0. The fourth-order valence-electron chi connectivity index (χ4n) is 2.05. The Balaban J connectivity index is -0.000000338. The molecule has 0 rings (SSSR count). The normalized spacial score (nSPS) is 10.6. The number of rotatable bonds is 5. The van der Waals surface area contributed by atoms with Crippen LogP contribution >= 0.6 is 0 Å². The third-order valence-electron chi connectivity index (χ3n) is 2.82. The van der Waals surface area contributed by atoms with Crippen LogP contribution in [0.25, 0.3) is 0 Å². The predicted molar refractivity (Wildman–Crippen MR) is 101 cm³/mol. The van der Waals surface area contributed by atoms with Gasteiger partial charge in [0.25, 0.3) is 0 Å². The van der Waals surface area contributed by atoms with Crippen LogP contribution in [0.5, 0.6) is 0 Å². The van der Waals surface area contributed by atoms with Gasteiger partial charge in [0.05, 0.1) is 6.26 Å². The molecule has 0 atom stereocenters. The molecule has 0 aliphatic heterocycles. The van der Waals surface area contributed by atoms with E-state index in [1.165, 1.54) is 0 Å². The van der Waals surface area contributed by atoms with Crippen molar-refractivity contribution in [2.45, 2.75) is 62.8 Å². The quantitative estimate of drug-likeness (QED) is 0.541. The van der Waals surface area contributed by atoms with Gasteiger partial charge in [-0.15, -0.1) is 0 Å². The van der Waals surface area contributed by atoms with Gasteiger partial charge in [-0.2, -0.15) is 14.7 Å². The average molecular weight is 346 g/mol. The second-order valence-electron chi connectivity index (χ2n) is 6.50. The van der Waals surface area contributed by atoms with Crippen LogP contribution in [-0.2, 0) is 10.0 Å². The third kappa shape index (κ3) is 14.1. The molecule has 0 aliphatic carbocycles. The molecule has 23 heavy (non-hydrogen) atoms. The van der Waals surface area contributed by atoms with Crippen molar-refractivity contribution in [2.24, 2.45) is 33.1 Å². The van der Waals surface area contributed by atoms with Crippen molar-refractivity contribution in [3.8, 4) is 6.19 Å². The first-order chi connectivity index (χ1) is 9.83. The zero-order valence-electron chi connectivity index (χ0n) is 15.4. The van der Waals surface area contributed by atoms with E-state index < -0.39 is 10.0 Å². The highest BCUT2D eigenvalue weighted by atomic mass is 32.2. The standard InChI is InChI=1S/C8H14N2.C8H17NO2S.CH4/c1-6(2)8(7(3)4)10-5-9;1-6(2)8(7(3)4)9-12(5,10)11;/h6-7H,1-4H3;6-7H,1-5H3;1H4. The lowest BCUT2D eigenvalue weighted by Crippen LogP contribution is -2.16. The molecule has 0 N–H and O–H groups in total. The first kappa shape index (κ1) is 26.7. The highest BCUT2D eigenvalue weighted by Gasteiger charge is 2.12. The van der Waals surface area contributed by atoms with Crippen LogP contribution in [0, 0.1) is 35.1 Å². The van der Waals surface area contributed by atoms with Gasteiger partial charge in [0, 0.05) is 11.4 Å². The molecule has 136 valence electrons. The molecule has 0 aromatic carbocycles. The lowest BCUT2D eigenvalue weighted by molar-refractivity contribution is 0.602. The first-order valence-electron chi connectivity index (χ1n) is 7.59. The van der Waals surface area contributed by atoms with E-state index in [-0.39, 0.29) is 19.3 Å². The Bertz CT molecular complexity index is 503. The van der Waals surface area contributed by atoms with Crippen LogP contribution in [0.2, 0.25) is 0 Å². The predicted octanol–water partition coefficient (Wildman–Crippen LogP) is 4.56. The SMILES string of the molecule is C.CC(C)C(=NC#N)C(C)C.CC(C)C(=NS(C)(=O)=O)C(C)C. The van der Waals surface area contributed by atoms with E-state index in [9.17, 15) is 8.42 Å². The van der Waals surface area contributed by atoms with Crippen molar-refractivity contribution < 1.29 is 8.42 Å². The van der Waals surface area contributed by atoms with Gasteiger partial charge in [-0.25, -0.2) is 8.42 Å². The Labute approximate surface area is 144 Å². The minimum absolute atomic E-state index is 0. The summed E-state index contributed by atoms with van der Waals surface area (Å²) in [6, 6.07) is 0. The van der Waals surface area contributed by atoms with Gasteiger partial charge < -0.3 is 0 Å². The molecule has 0 aromatic heterocycles. The fourth-order valence-corrected chi connectivity index (χ4v) is 2.86. The number of aliphatic imine (C=N–C) groups is 1. The van der Waals surface area contributed by atoms with Gasteiger partial charge >= 0.3 is 0 Å².